The Hall–Kier alpha value is -2.47. The van der Waals surface area contributed by atoms with E-state index in [1.165, 1.54) is 6.07 Å². The highest BCUT2D eigenvalue weighted by Crippen LogP contribution is 2.16. The second-order valence-corrected chi connectivity index (χ2v) is 5.69. The van der Waals surface area contributed by atoms with Crippen molar-refractivity contribution >= 4 is 17.4 Å². The third-order valence-electron chi connectivity index (χ3n) is 3.91. The zero-order valence-corrected chi connectivity index (χ0v) is 13.3. The number of hydrogen-bond acceptors (Lipinski definition) is 4. The molecule has 2 heterocycles. The van der Waals surface area contributed by atoms with Gasteiger partial charge in [-0.2, -0.15) is 0 Å². The van der Waals surface area contributed by atoms with Crippen molar-refractivity contribution in [1.82, 2.24) is 4.98 Å². The largest absolute Gasteiger partial charge is 0.370 e. The van der Waals surface area contributed by atoms with Crippen LogP contribution in [0.4, 0.5) is 15.9 Å². The predicted octanol–water partition coefficient (Wildman–Crippen LogP) is 2.99. The van der Waals surface area contributed by atoms with Gasteiger partial charge in [0.2, 0.25) is 0 Å². The number of carbonyl (C=O) groups is 1. The second-order valence-electron chi connectivity index (χ2n) is 5.69. The fourth-order valence-electron chi connectivity index (χ4n) is 2.61. The summed E-state index contributed by atoms with van der Waals surface area (Å²) >= 11 is 0. The molecule has 1 fully saturated rings. The van der Waals surface area contributed by atoms with E-state index in [2.05, 4.69) is 15.6 Å². The zero-order valence-electron chi connectivity index (χ0n) is 13.3. The van der Waals surface area contributed by atoms with Crippen LogP contribution in [0.3, 0.4) is 0 Å². The Morgan fingerprint density at radius 2 is 2.17 bits per heavy atom. The second kappa shape index (κ2) is 7.88. The molecule has 1 aromatic heterocycles. The van der Waals surface area contributed by atoms with Crippen LogP contribution in [-0.2, 0) is 16.0 Å². The van der Waals surface area contributed by atoms with Gasteiger partial charge in [0, 0.05) is 13.2 Å². The first-order valence-electron chi connectivity index (χ1n) is 8.08. The summed E-state index contributed by atoms with van der Waals surface area (Å²) in [5, 5.41) is 5.94. The molecule has 1 unspecified atom stereocenters. The van der Waals surface area contributed by atoms with Gasteiger partial charge in [-0.15, -0.1) is 0 Å². The van der Waals surface area contributed by atoms with E-state index in [9.17, 15) is 9.18 Å². The minimum Gasteiger partial charge on any atom is -0.370 e. The number of halogens is 1. The number of rotatable bonds is 6. The van der Waals surface area contributed by atoms with Gasteiger partial charge < -0.3 is 15.4 Å². The molecule has 2 N–H and O–H groups in total. The lowest BCUT2D eigenvalue weighted by atomic mass is 10.1. The van der Waals surface area contributed by atoms with Crippen molar-refractivity contribution < 1.29 is 13.9 Å². The molecule has 126 valence electrons. The van der Waals surface area contributed by atoms with Crippen molar-refractivity contribution in [3.63, 3.8) is 0 Å². The predicted molar refractivity (Wildman–Crippen MR) is 90.4 cm³/mol. The Morgan fingerprint density at radius 3 is 2.88 bits per heavy atom. The van der Waals surface area contributed by atoms with Crippen LogP contribution >= 0.6 is 0 Å². The van der Waals surface area contributed by atoms with E-state index >= 15 is 0 Å². The number of carbonyl (C=O) groups excluding carboxylic acids is 1. The standard InChI is InChI=1S/C18H20FN3O2/c19-15-5-2-1-4-13(15)9-10-20-17-8-7-14(12-21-17)22-18(23)16-6-3-11-24-16/h1-2,4-5,7-8,12,16H,3,6,9-11H2,(H,20,21)(H,22,23). The first-order valence-corrected chi connectivity index (χ1v) is 8.08. The number of ether oxygens (including phenoxy) is 1. The highest BCUT2D eigenvalue weighted by Gasteiger charge is 2.23. The Balaban J connectivity index is 1.47. The Kier molecular flexibility index (Phi) is 5.38. The maximum absolute atomic E-state index is 13.5. The van der Waals surface area contributed by atoms with Gasteiger partial charge in [-0.3, -0.25) is 4.79 Å². The van der Waals surface area contributed by atoms with Crippen LogP contribution < -0.4 is 10.6 Å². The summed E-state index contributed by atoms with van der Waals surface area (Å²) in [6, 6.07) is 10.3. The lowest BCUT2D eigenvalue weighted by Crippen LogP contribution is -2.26. The van der Waals surface area contributed by atoms with Crippen LogP contribution in [0.1, 0.15) is 18.4 Å². The molecule has 1 aromatic carbocycles. The van der Waals surface area contributed by atoms with Crippen molar-refractivity contribution in [3.8, 4) is 0 Å². The first-order chi connectivity index (χ1) is 11.7. The first kappa shape index (κ1) is 16.4. The van der Waals surface area contributed by atoms with Crippen LogP contribution in [0.5, 0.6) is 0 Å². The number of amides is 1. The van der Waals surface area contributed by atoms with Crippen LogP contribution in [-0.4, -0.2) is 30.1 Å². The minimum atomic E-state index is -0.358. The molecule has 1 aliphatic rings. The molecule has 24 heavy (non-hydrogen) atoms. The van der Waals surface area contributed by atoms with Crippen LogP contribution in [0.25, 0.3) is 0 Å². The topological polar surface area (TPSA) is 63.2 Å². The summed E-state index contributed by atoms with van der Waals surface area (Å²) in [5.74, 6) is 0.357. The maximum Gasteiger partial charge on any atom is 0.253 e. The third-order valence-corrected chi connectivity index (χ3v) is 3.91. The summed E-state index contributed by atoms with van der Waals surface area (Å²) in [6.07, 6.45) is 3.49. The van der Waals surface area contributed by atoms with Gasteiger partial charge in [-0.25, -0.2) is 9.37 Å². The molecule has 0 saturated carbocycles. The molecule has 0 bridgehead atoms. The number of nitrogens with one attached hydrogen (secondary N) is 2. The normalized spacial score (nSPS) is 16.8. The van der Waals surface area contributed by atoms with Crippen LogP contribution in [0, 0.1) is 5.82 Å². The lowest BCUT2D eigenvalue weighted by molar-refractivity contribution is -0.124. The van der Waals surface area contributed by atoms with Crippen molar-refractivity contribution in [2.75, 3.05) is 23.8 Å². The maximum atomic E-state index is 13.5. The lowest BCUT2D eigenvalue weighted by Gasteiger charge is -2.11. The van der Waals surface area contributed by atoms with Gasteiger partial charge in [0.15, 0.2) is 0 Å². The highest BCUT2D eigenvalue weighted by atomic mass is 19.1. The molecular weight excluding hydrogens is 309 g/mol. The molecular formula is C18H20FN3O2. The number of nitrogens with zero attached hydrogens (tertiary/aromatic N) is 1. The fraction of sp³-hybridized carbons (Fsp3) is 0.333. The van der Waals surface area contributed by atoms with E-state index in [1.54, 1.807) is 30.5 Å². The number of benzene rings is 1. The minimum absolute atomic E-state index is 0.130. The molecule has 6 heteroatoms. The summed E-state index contributed by atoms with van der Waals surface area (Å²) in [7, 11) is 0. The SMILES string of the molecule is O=C(Nc1ccc(NCCc2ccccc2F)nc1)C1CCCO1. The van der Waals surface area contributed by atoms with Crippen molar-refractivity contribution in [2.24, 2.45) is 0 Å². The third kappa shape index (κ3) is 4.29. The molecule has 5 nitrogen and oxygen atoms in total. The van der Waals surface area contributed by atoms with Gasteiger partial charge in [-0.05, 0) is 43.0 Å². The van der Waals surface area contributed by atoms with Gasteiger partial charge >= 0.3 is 0 Å². The zero-order chi connectivity index (χ0) is 16.8. The number of pyridine rings is 1. The van der Waals surface area contributed by atoms with Crippen molar-refractivity contribution in [2.45, 2.75) is 25.4 Å². The monoisotopic (exact) mass is 329 g/mol. The molecule has 1 atom stereocenters. The molecule has 1 amide bonds. The van der Waals surface area contributed by atoms with E-state index in [0.717, 1.165) is 12.8 Å². The van der Waals surface area contributed by atoms with Gasteiger partial charge in [0.1, 0.15) is 17.7 Å². The summed E-state index contributed by atoms with van der Waals surface area (Å²) < 4.78 is 18.9. The molecule has 0 aliphatic carbocycles. The van der Waals surface area contributed by atoms with E-state index in [-0.39, 0.29) is 17.8 Å². The Labute approximate surface area is 140 Å². The smallest absolute Gasteiger partial charge is 0.253 e. The van der Waals surface area contributed by atoms with Gasteiger partial charge in [0.05, 0.1) is 11.9 Å². The van der Waals surface area contributed by atoms with E-state index in [4.69, 9.17) is 4.74 Å². The van der Waals surface area contributed by atoms with Crippen molar-refractivity contribution in [1.29, 1.82) is 0 Å². The van der Waals surface area contributed by atoms with E-state index in [1.807, 2.05) is 6.07 Å². The molecule has 1 aliphatic heterocycles. The summed E-state index contributed by atoms with van der Waals surface area (Å²) in [5.41, 5.74) is 1.31. The van der Waals surface area contributed by atoms with E-state index in [0.29, 0.717) is 36.6 Å². The van der Waals surface area contributed by atoms with Gasteiger partial charge in [0.25, 0.3) is 5.91 Å². The Morgan fingerprint density at radius 1 is 1.29 bits per heavy atom. The van der Waals surface area contributed by atoms with Crippen LogP contribution in [0.2, 0.25) is 0 Å². The number of aromatic nitrogens is 1. The van der Waals surface area contributed by atoms with E-state index < -0.39 is 0 Å². The molecule has 1 saturated heterocycles. The molecule has 0 spiro atoms. The number of hydrogen-bond donors (Lipinski definition) is 2. The van der Waals surface area contributed by atoms with Gasteiger partial charge in [-0.1, -0.05) is 18.2 Å². The average molecular weight is 329 g/mol. The summed E-state index contributed by atoms with van der Waals surface area (Å²) in [4.78, 5) is 16.2. The molecule has 3 rings (SSSR count). The summed E-state index contributed by atoms with van der Waals surface area (Å²) in [6.45, 7) is 1.22. The average Bonchev–Trinajstić information content (AvgIpc) is 3.13. The quantitative estimate of drug-likeness (QED) is 0.855. The fourth-order valence-corrected chi connectivity index (χ4v) is 2.61. The molecule has 0 radical (unpaired) electrons. The highest BCUT2D eigenvalue weighted by molar-refractivity contribution is 5.94. The number of anilines is 2. The van der Waals surface area contributed by atoms with Crippen LogP contribution in [0.15, 0.2) is 42.6 Å². The molecule has 2 aromatic rings. The van der Waals surface area contributed by atoms with Crippen molar-refractivity contribution in [3.05, 3.63) is 54.0 Å². The Bertz CT molecular complexity index is 685.